The Balaban J connectivity index is 2.43. The molecular weight excluding hydrogens is 369 g/mol. The molecule has 2 unspecified atom stereocenters. The number of carboxylic acids is 1. The fourth-order valence-electron chi connectivity index (χ4n) is 2.42. The zero-order chi connectivity index (χ0) is 17.4. The predicted octanol–water partition coefficient (Wildman–Crippen LogP) is 1.46. The molecule has 0 bridgehead atoms. The second-order valence-electron chi connectivity index (χ2n) is 5.06. The van der Waals surface area contributed by atoms with E-state index < -0.39 is 28.0 Å². The number of carboxylic acid groups (broad SMARTS) is 1. The summed E-state index contributed by atoms with van der Waals surface area (Å²) in [7, 11) is -2.78. The third kappa shape index (κ3) is 3.41. The van der Waals surface area contributed by atoms with Crippen LogP contribution in [-0.2, 0) is 14.8 Å². The number of ether oxygens (including phenoxy) is 1. The molecule has 10 heteroatoms. The van der Waals surface area contributed by atoms with Gasteiger partial charge in [-0.15, -0.1) is 0 Å². The lowest BCUT2D eigenvalue weighted by Gasteiger charge is -2.33. The molecule has 7 nitrogen and oxygen atoms in total. The lowest BCUT2D eigenvalue weighted by atomic mass is 9.96. The van der Waals surface area contributed by atoms with Crippen molar-refractivity contribution in [1.29, 1.82) is 0 Å². The quantitative estimate of drug-likeness (QED) is 0.815. The molecule has 0 spiro atoms. The van der Waals surface area contributed by atoms with E-state index in [9.17, 15) is 18.3 Å². The minimum absolute atomic E-state index is 0.00329. The van der Waals surface area contributed by atoms with Gasteiger partial charge in [-0.2, -0.15) is 4.31 Å². The smallest absolute Gasteiger partial charge is 0.310 e. The van der Waals surface area contributed by atoms with E-state index in [4.69, 9.17) is 33.0 Å². The number of rotatable bonds is 4. The average Bonchev–Trinajstić information content (AvgIpc) is 2.49. The van der Waals surface area contributed by atoms with Gasteiger partial charge in [-0.3, -0.25) is 4.79 Å². The Morgan fingerprint density at radius 2 is 2.04 bits per heavy atom. The molecule has 1 fully saturated rings. The summed E-state index contributed by atoms with van der Waals surface area (Å²) < 4.78 is 31.6. The van der Waals surface area contributed by atoms with Crippen molar-refractivity contribution in [3.8, 4) is 5.75 Å². The van der Waals surface area contributed by atoms with E-state index in [1.807, 2.05) is 0 Å². The summed E-state index contributed by atoms with van der Waals surface area (Å²) in [6.45, 7) is -0.334. The number of piperidine rings is 1. The summed E-state index contributed by atoms with van der Waals surface area (Å²) >= 11 is 11.8. The molecule has 0 aromatic heterocycles. The highest BCUT2D eigenvalue weighted by molar-refractivity contribution is 7.89. The molecule has 1 aliphatic rings. The number of carbonyl (C=O) groups is 1. The van der Waals surface area contributed by atoms with E-state index in [0.717, 1.165) is 4.31 Å². The molecule has 0 saturated carbocycles. The third-order valence-electron chi connectivity index (χ3n) is 3.69. The molecule has 0 amide bonds. The lowest BCUT2D eigenvalue weighted by molar-refractivity contribution is -0.147. The topological polar surface area (TPSA) is 104 Å². The maximum Gasteiger partial charge on any atom is 0.310 e. The second kappa shape index (κ2) is 6.82. The largest absolute Gasteiger partial charge is 0.494 e. The number of hydrogen-bond acceptors (Lipinski definition) is 5. The van der Waals surface area contributed by atoms with Gasteiger partial charge in [0.15, 0.2) is 5.75 Å². The highest BCUT2D eigenvalue weighted by Crippen LogP contribution is 2.39. The molecule has 128 valence electrons. The van der Waals surface area contributed by atoms with E-state index in [2.05, 4.69) is 0 Å². The van der Waals surface area contributed by atoms with E-state index in [0.29, 0.717) is 0 Å². The summed E-state index contributed by atoms with van der Waals surface area (Å²) in [5.74, 6) is -2.54. The molecule has 2 N–H and O–H groups in total. The number of sulfonamides is 1. The molecule has 1 aromatic rings. The fraction of sp³-hybridized carbons (Fsp3) is 0.462. The van der Waals surface area contributed by atoms with Gasteiger partial charge in [0.1, 0.15) is 9.92 Å². The Morgan fingerprint density at radius 1 is 1.39 bits per heavy atom. The summed E-state index contributed by atoms with van der Waals surface area (Å²) in [5.41, 5.74) is 0. The first-order valence-corrected chi connectivity index (χ1v) is 8.82. The van der Waals surface area contributed by atoms with Crippen LogP contribution in [0.1, 0.15) is 6.42 Å². The first-order chi connectivity index (χ1) is 10.7. The first kappa shape index (κ1) is 18.3. The molecule has 2 rings (SSSR count). The van der Waals surface area contributed by atoms with Crippen LogP contribution < -0.4 is 4.74 Å². The SMILES string of the molecule is COc1c(S(=O)(=O)N2CCC(O)C(C(=O)O)C2)ccc(Cl)c1Cl. The van der Waals surface area contributed by atoms with Crippen molar-refractivity contribution in [2.75, 3.05) is 20.2 Å². The molecule has 1 aromatic carbocycles. The number of halogens is 2. The Hall–Kier alpha value is -1.06. The third-order valence-corrected chi connectivity index (χ3v) is 6.37. The molecule has 2 atom stereocenters. The van der Waals surface area contributed by atoms with Crippen LogP contribution in [0.15, 0.2) is 17.0 Å². The van der Waals surface area contributed by atoms with Crippen molar-refractivity contribution in [2.45, 2.75) is 17.4 Å². The summed E-state index contributed by atoms with van der Waals surface area (Å²) in [6.07, 6.45) is -1.06. The van der Waals surface area contributed by atoms with Crippen molar-refractivity contribution in [1.82, 2.24) is 4.31 Å². The van der Waals surface area contributed by atoms with Gasteiger partial charge in [-0.1, -0.05) is 23.2 Å². The molecule has 1 heterocycles. The number of aliphatic hydroxyl groups excluding tert-OH is 1. The van der Waals surface area contributed by atoms with Crippen molar-refractivity contribution in [3.63, 3.8) is 0 Å². The van der Waals surface area contributed by atoms with Crippen molar-refractivity contribution >= 4 is 39.2 Å². The zero-order valence-corrected chi connectivity index (χ0v) is 14.4. The Bertz CT molecular complexity index is 723. The first-order valence-electron chi connectivity index (χ1n) is 6.63. The van der Waals surface area contributed by atoms with Gasteiger partial charge >= 0.3 is 5.97 Å². The van der Waals surface area contributed by atoms with E-state index >= 15 is 0 Å². The van der Waals surface area contributed by atoms with Crippen molar-refractivity contribution in [3.05, 3.63) is 22.2 Å². The molecule has 23 heavy (non-hydrogen) atoms. The Morgan fingerprint density at radius 3 is 2.61 bits per heavy atom. The van der Waals surface area contributed by atoms with E-state index in [-0.39, 0.29) is 40.2 Å². The van der Waals surface area contributed by atoms with Gasteiger partial charge in [-0.25, -0.2) is 8.42 Å². The standard InChI is InChI=1S/C13H15Cl2NO6S/c1-22-12-10(3-2-8(14)11(12)15)23(20,21)16-5-4-9(17)7(6-16)13(18)19/h2-3,7,9,17H,4-6H2,1H3,(H,18,19). The lowest BCUT2D eigenvalue weighted by Crippen LogP contribution is -2.48. The molecular formula is C13H15Cl2NO6S. The van der Waals surface area contributed by atoms with Crippen molar-refractivity contribution in [2.24, 2.45) is 5.92 Å². The number of aliphatic carboxylic acids is 1. The van der Waals surface area contributed by atoms with Crippen LogP contribution in [0.4, 0.5) is 0 Å². The molecule has 0 aliphatic carbocycles. The normalized spacial score (nSPS) is 22.8. The number of nitrogens with zero attached hydrogens (tertiary/aromatic N) is 1. The fourth-order valence-corrected chi connectivity index (χ4v) is 4.50. The zero-order valence-electron chi connectivity index (χ0n) is 12.1. The number of aliphatic hydroxyl groups is 1. The average molecular weight is 384 g/mol. The van der Waals surface area contributed by atoms with Gasteiger partial charge in [-0.05, 0) is 18.6 Å². The molecule has 1 saturated heterocycles. The summed E-state index contributed by atoms with van der Waals surface area (Å²) in [6, 6.07) is 2.58. The minimum atomic E-state index is -4.04. The summed E-state index contributed by atoms with van der Waals surface area (Å²) in [4.78, 5) is 11.0. The van der Waals surface area contributed by atoms with Crippen LogP contribution in [0.3, 0.4) is 0 Å². The van der Waals surface area contributed by atoms with Crippen LogP contribution in [-0.4, -0.2) is 55.2 Å². The van der Waals surface area contributed by atoms with Gasteiger partial charge in [0.25, 0.3) is 0 Å². The Kier molecular flexibility index (Phi) is 5.42. The Labute approximate surface area is 143 Å². The maximum atomic E-state index is 12.8. The molecule has 1 aliphatic heterocycles. The highest BCUT2D eigenvalue weighted by Gasteiger charge is 2.39. The molecule has 0 radical (unpaired) electrons. The number of hydrogen-bond donors (Lipinski definition) is 2. The number of benzene rings is 1. The van der Waals surface area contributed by atoms with E-state index in [1.54, 1.807) is 0 Å². The van der Waals surface area contributed by atoms with Gasteiger partial charge in [0, 0.05) is 13.1 Å². The van der Waals surface area contributed by atoms with Gasteiger partial charge in [0.05, 0.1) is 24.2 Å². The van der Waals surface area contributed by atoms with Gasteiger partial charge < -0.3 is 14.9 Å². The van der Waals surface area contributed by atoms with Crippen LogP contribution >= 0.6 is 23.2 Å². The minimum Gasteiger partial charge on any atom is -0.494 e. The van der Waals surface area contributed by atoms with Gasteiger partial charge in [0.2, 0.25) is 10.0 Å². The number of methoxy groups -OCH3 is 1. The highest BCUT2D eigenvalue weighted by atomic mass is 35.5. The summed E-state index contributed by atoms with van der Waals surface area (Å²) in [5, 5.41) is 18.9. The maximum absolute atomic E-state index is 12.8. The monoisotopic (exact) mass is 383 g/mol. The van der Waals surface area contributed by atoms with Crippen LogP contribution in [0.5, 0.6) is 5.75 Å². The predicted molar refractivity (Wildman–Crippen MR) is 83.5 cm³/mol. The van der Waals surface area contributed by atoms with E-state index in [1.165, 1.54) is 19.2 Å². The van der Waals surface area contributed by atoms with Crippen LogP contribution in [0.25, 0.3) is 0 Å². The van der Waals surface area contributed by atoms with Crippen molar-refractivity contribution < 1.29 is 28.2 Å². The second-order valence-corrected chi connectivity index (χ2v) is 7.75. The van der Waals surface area contributed by atoms with Crippen LogP contribution in [0.2, 0.25) is 10.0 Å². The van der Waals surface area contributed by atoms with Crippen LogP contribution in [0, 0.1) is 5.92 Å².